The number of morpholine rings is 1. The minimum absolute atomic E-state index is 0.0141. The smallest absolute Gasteiger partial charge is 0.289 e. The molecular formula is C19H23N3O3. The fourth-order valence-electron chi connectivity index (χ4n) is 3.97. The normalized spacial score (nSPS) is 24.6. The molecule has 2 saturated heterocycles. The van der Waals surface area contributed by atoms with E-state index in [1.54, 1.807) is 18.4 Å². The average Bonchev–Trinajstić information content (AvgIpc) is 3.33. The van der Waals surface area contributed by atoms with Gasteiger partial charge in [0.25, 0.3) is 5.91 Å². The number of rotatable bonds is 4. The van der Waals surface area contributed by atoms with E-state index in [9.17, 15) is 4.79 Å². The summed E-state index contributed by atoms with van der Waals surface area (Å²) in [5.74, 6) is 0.405. The number of carbonyl (C=O) groups is 1. The third-order valence-corrected chi connectivity index (χ3v) is 5.21. The van der Waals surface area contributed by atoms with Gasteiger partial charge in [-0.05, 0) is 42.7 Å². The topological polar surface area (TPSA) is 58.8 Å². The number of carbonyl (C=O) groups excluding carboxylic acids is 1. The third kappa shape index (κ3) is 3.45. The summed E-state index contributed by atoms with van der Waals surface area (Å²) in [6.07, 6.45) is 7.00. The van der Waals surface area contributed by atoms with E-state index in [-0.39, 0.29) is 11.9 Å². The van der Waals surface area contributed by atoms with Crippen LogP contribution in [0.4, 0.5) is 0 Å². The second-order valence-electron chi connectivity index (χ2n) is 6.61. The first-order chi connectivity index (χ1) is 12.3. The molecule has 4 heterocycles. The van der Waals surface area contributed by atoms with Gasteiger partial charge < -0.3 is 14.1 Å². The van der Waals surface area contributed by atoms with Gasteiger partial charge in [0, 0.05) is 38.1 Å². The molecule has 0 N–H and O–H groups in total. The Balaban J connectivity index is 1.58. The number of nitrogens with zero attached hydrogens (tertiary/aromatic N) is 3. The number of amides is 1. The molecule has 2 aromatic heterocycles. The Labute approximate surface area is 147 Å². The highest BCUT2D eigenvalue weighted by Gasteiger charge is 2.41. The molecule has 4 rings (SSSR count). The van der Waals surface area contributed by atoms with Crippen molar-refractivity contribution < 1.29 is 13.9 Å². The summed E-state index contributed by atoms with van der Waals surface area (Å²) >= 11 is 0. The van der Waals surface area contributed by atoms with E-state index in [2.05, 4.69) is 9.88 Å². The quantitative estimate of drug-likeness (QED) is 0.849. The summed E-state index contributed by atoms with van der Waals surface area (Å²) in [5, 5.41) is 0. The first kappa shape index (κ1) is 16.3. The van der Waals surface area contributed by atoms with Gasteiger partial charge >= 0.3 is 0 Å². The van der Waals surface area contributed by atoms with Crippen molar-refractivity contribution >= 4 is 5.91 Å². The lowest BCUT2D eigenvalue weighted by Crippen LogP contribution is -2.51. The lowest BCUT2D eigenvalue weighted by Gasteiger charge is -2.37. The fraction of sp³-hybridized carbons (Fsp3) is 0.474. The molecule has 0 aliphatic carbocycles. The lowest BCUT2D eigenvalue weighted by molar-refractivity contribution is 0.00840. The zero-order chi connectivity index (χ0) is 17.1. The van der Waals surface area contributed by atoms with Crippen LogP contribution >= 0.6 is 0 Å². The molecule has 6 heteroatoms. The van der Waals surface area contributed by atoms with Gasteiger partial charge in [-0.1, -0.05) is 0 Å². The van der Waals surface area contributed by atoms with Crippen LogP contribution in [0.2, 0.25) is 0 Å². The van der Waals surface area contributed by atoms with Crippen LogP contribution in [0.5, 0.6) is 0 Å². The standard InChI is InChI=1S/C19H23N3O3/c23-19(18-2-1-11-25-18)22-8-5-16(21-9-12-24-13-10-21)17(22)14-15-3-6-20-7-4-15/h1-4,6-7,11,16-17H,5,8-10,12-14H2/t16-,17+/m0/s1. The van der Waals surface area contributed by atoms with E-state index in [1.807, 2.05) is 29.4 Å². The number of pyridine rings is 1. The number of hydrogen-bond donors (Lipinski definition) is 0. The zero-order valence-corrected chi connectivity index (χ0v) is 14.2. The van der Waals surface area contributed by atoms with E-state index in [1.165, 1.54) is 5.56 Å². The maximum atomic E-state index is 12.9. The fourth-order valence-corrected chi connectivity index (χ4v) is 3.97. The van der Waals surface area contributed by atoms with Crippen molar-refractivity contribution in [1.29, 1.82) is 0 Å². The molecule has 2 fully saturated rings. The van der Waals surface area contributed by atoms with Gasteiger partial charge in [0.05, 0.1) is 25.5 Å². The van der Waals surface area contributed by atoms with Crippen molar-refractivity contribution in [1.82, 2.24) is 14.8 Å². The van der Waals surface area contributed by atoms with Gasteiger partial charge in [-0.3, -0.25) is 14.7 Å². The minimum Gasteiger partial charge on any atom is -0.459 e. The molecule has 25 heavy (non-hydrogen) atoms. The van der Waals surface area contributed by atoms with E-state index < -0.39 is 0 Å². The molecule has 6 nitrogen and oxygen atoms in total. The van der Waals surface area contributed by atoms with Crippen molar-refractivity contribution in [2.45, 2.75) is 24.9 Å². The van der Waals surface area contributed by atoms with Crippen LogP contribution in [0.1, 0.15) is 22.5 Å². The first-order valence-electron chi connectivity index (χ1n) is 8.88. The summed E-state index contributed by atoms with van der Waals surface area (Å²) in [4.78, 5) is 21.5. The maximum Gasteiger partial charge on any atom is 0.289 e. The highest BCUT2D eigenvalue weighted by molar-refractivity contribution is 5.92. The Bertz CT molecular complexity index is 683. The zero-order valence-electron chi connectivity index (χ0n) is 14.2. The van der Waals surface area contributed by atoms with Crippen LogP contribution in [0, 0.1) is 0 Å². The molecule has 0 saturated carbocycles. The molecule has 0 bridgehead atoms. The van der Waals surface area contributed by atoms with Crippen LogP contribution in [0.25, 0.3) is 0 Å². The van der Waals surface area contributed by atoms with Gasteiger partial charge in [0.15, 0.2) is 5.76 Å². The largest absolute Gasteiger partial charge is 0.459 e. The van der Waals surface area contributed by atoms with Crippen LogP contribution < -0.4 is 0 Å². The van der Waals surface area contributed by atoms with Crippen molar-refractivity contribution in [2.24, 2.45) is 0 Å². The molecular weight excluding hydrogens is 318 g/mol. The molecule has 2 aromatic rings. The van der Waals surface area contributed by atoms with Crippen LogP contribution in [0.15, 0.2) is 47.3 Å². The second kappa shape index (κ2) is 7.37. The highest BCUT2D eigenvalue weighted by atomic mass is 16.5. The van der Waals surface area contributed by atoms with Gasteiger partial charge in [0.1, 0.15) is 0 Å². The maximum absolute atomic E-state index is 12.9. The van der Waals surface area contributed by atoms with E-state index >= 15 is 0 Å². The van der Waals surface area contributed by atoms with Crippen LogP contribution in [-0.4, -0.2) is 65.6 Å². The Morgan fingerprint density at radius 3 is 2.68 bits per heavy atom. The molecule has 0 radical (unpaired) electrons. The number of ether oxygens (including phenoxy) is 1. The van der Waals surface area contributed by atoms with Gasteiger partial charge in [0.2, 0.25) is 0 Å². The molecule has 2 aliphatic rings. The monoisotopic (exact) mass is 341 g/mol. The van der Waals surface area contributed by atoms with E-state index in [0.29, 0.717) is 11.8 Å². The Morgan fingerprint density at radius 1 is 1.16 bits per heavy atom. The summed E-state index contributed by atoms with van der Waals surface area (Å²) in [7, 11) is 0. The van der Waals surface area contributed by atoms with Gasteiger partial charge in [-0.2, -0.15) is 0 Å². The highest BCUT2D eigenvalue weighted by Crippen LogP contribution is 2.28. The van der Waals surface area contributed by atoms with Crippen LogP contribution in [-0.2, 0) is 11.2 Å². The van der Waals surface area contributed by atoms with Crippen molar-refractivity contribution in [3.8, 4) is 0 Å². The van der Waals surface area contributed by atoms with Crippen molar-refractivity contribution in [3.63, 3.8) is 0 Å². The second-order valence-corrected chi connectivity index (χ2v) is 6.61. The summed E-state index contributed by atoms with van der Waals surface area (Å²) in [6.45, 7) is 4.16. The predicted octanol–water partition coefficient (Wildman–Crippen LogP) is 1.83. The predicted molar refractivity (Wildman–Crippen MR) is 92.3 cm³/mol. The van der Waals surface area contributed by atoms with Crippen molar-refractivity contribution in [2.75, 3.05) is 32.8 Å². The Morgan fingerprint density at radius 2 is 1.96 bits per heavy atom. The van der Waals surface area contributed by atoms with Crippen LogP contribution in [0.3, 0.4) is 0 Å². The molecule has 0 aromatic carbocycles. The number of likely N-dealkylation sites (tertiary alicyclic amines) is 1. The van der Waals surface area contributed by atoms with E-state index in [0.717, 1.165) is 45.7 Å². The molecule has 0 unspecified atom stereocenters. The van der Waals surface area contributed by atoms with Gasteiger partial charge in [-0.25, -0.2) is 0 Å². The molecule has 2 aliphatic heterocycles. The van der Waals surface area contributed by atoms with Gasteiger partial charge in [-0.15, -0.1) is 0 Å². The van der Waals surface area contributed by atoms with Crippen molar-refractivity contribution in [3.05, 3.63) is 54.2 Å². The Kier molecular flexibility index (Phi) is 4.81. The first-order valence-corrected chi connectivity index (χ1v) is 8.88. The van der Waals surface area contributed by atoms with E-state index in [4.69, 9.17) is 9.15 Å². The Hall–Kier alpha value is -2.18. The lowest BCUT2D eigenvalue weighted by atomic mass is 9.99. The summed E-state index contributed by atoms with van der Waals surface area (Å²) in [5.41, 5.74) is 1.21. The number of furan rings is 1. The molecule has 0 spiro atoms. The summed E-state index contributed by atoms with van der Waals surface area (Å²) in [6, 6.07) is 8.07. The SMILES string of the molecule is O=C(c1ccco1)N1CC[C@H](N2CCOCC2)[C@H]1Cc1ccncc1. The minimum atomic E-state index is -0.0141. The number of hydrogen-bond acceptors (Lipinski definition) is 5. The third-order valence-electron chi connectivity index (χ3n) is 5.21. The average molecular weight is 341 g/mol. The summed E-state index contributed by atoms with van der Waals surface area (Å²) < 4.78 is 10.9. The molecule has 2 atom stereocenters. The number of aromatic nitrogens is 1. The molecule has 132 valence electrons. The molecule has 1 amide bonds.